The molecule has 1 fully saturated rings. The predicted octanol–water partition coefficient (Wildman–Crippen LogP) is 2.74. The standard InChI is InChI=1S/C22H26N2O3S/c1-22(2)16-24-20(18-10-6-7-11-19(18)22)14-23(15-21(24)25)28(26,27)13-12-17-8-4-3-5-9-17/h3-11,20H,12-16H2,1-2H3. The smallest absolute Gasteiger partial charge is 0.238 e. The third-order valence-corrected chi connectivity index (χ3v) is 7.67. The fourth-order valence-corrected chi connectivity index (χ4v) is 5.81. The van der Waals surface area contributed by atoms with Gasteiger partial charge in [0.15, 0.2) is 0 Å². The molecule has 0 bridgehead atoms. The minimum atomic E-state index is -3.51. The van der Waals surface area contributed by atoms with Crippen molar-refractivity contribution in [3.8, 4) is 0 Å². The molecular formula is C22H26N2O3S. The van der Waals surface area contributed by atoms with Crippen LogP contribution in [-0.2, 0) is 26.7 Å². The third-order valence-electron chi connectivity index (χ3n) is 5.88. The van der Waals surface area contributed by atoms with E-state index in [0.717, 1.165) is 11.1 Å². The highest BCUT2D eigenvalue weighted by molar-refractivity contribution is 7.89. The van der Waals surface area contributed by atoms with Crippen molar-refractivity contribution in [1.29, 1.82) is 0 Å². The first-order valence-corrected chi connectivity index (χ1v) is 11.3. The van der Waals surface area contributed by atoms with Gasteiger partial charge in [-0.2, -0.15) is 4.31 Å². The van der Waals surface area contributed by atoms with Gasteiger partial charge in [-0.1, -0.05) is 68.4 Å². The fraction of sp³-hybridized carbons (Fsp3) is 0.409. The number of hydrogen-bond donors (Lipinski definition) is 0. The molecule has 1 saturated heterocycles. The lowest BCUT2D eigenvalue weighted by Crippen LogP contribution is -2.58. The molecule has 0 radical (unpaired) electrons. The molecule has 1 atom stereocenters. The van der Waals surface area contributed by atoms with Crippen LogP contribution in [0.2, 0.25) is 0 Å². The summed E-state index contributed by atoms with van der Waals surface area (Å²) in [4.78, 5) is 14.7. The van der Waals surface area contributed by atoms with Crippen LogP contribution in [0.15, 0.2) is 54.6 Å². The van der Waals surface area contributed by atoms with E-state index in [9.17, 15) is 13.2 Å². The van der Waals surface area contributed by atoms with Crippen molar-refractivity contribution in [3.05, 3.63) is 71.3 Å². The fourth-order valence-electron chi connectivity index (χ4n) is 4.38. The number of piperazine rings is 1. The molecule has 2 aromatic carbocycles. The monoisotopic (exact) mass is 398 g/mol. The second kappa shape index (κ2) is 7.01. The number of nitrogens with zero attached hydrogens (tertiary/aromatic N) is 2. The molecule has 0 spiro atoms. The first kappa shape index (κ1) is 19.2. The minimum absolute atomic E-state index is 0.0180. The van der Waals surface area contributed by atoms with Gasteiger partial charge in [0.05, 0.1) is 18.3 Å². The van der Waals surface area contributed by atoms with Crippen molar-refractivity contribution in [3.63, 3.8) is 0 Å². The van der Waals surface area contributed by atoms with Gasteiger partial charge in [-0.25, -0.2) is 8.42 Å². The zero-order valence-electron chi connectivity index (χ0n) is 16.3. The number of rotatable bonds is 4. The second-order valence-electron chi connectivity index (χ2n) is 8.35. The molecule has 28 heavy (non-hydrogen) atoms. The Balaban J connectivity index is 1.59. The van der Waals surface area contributed by atoms with E-state index in [4.69, 9.17) is 0 Å². The van der Waals surface area contributed by atoms with Crippen LogP contribution in [0, 0.1) is 0 Å². The van der Waals surface area contributed by atoms with E-state index in [1.165, 1.54) is 9.87 Å². The van der Waals surface area contributed by atoms with E-state index in [0.29, 0.717) is 19.5 Å². The normalized spacial score (nSPS) is 21.9. The molecule has 4 rings (SSSR count). The van der Waals surface area contributed by atoms with Gasteiger partial charge in [-0.3, -0.25) is 4.79 Å². The Hall–Kier alpha value is -2.18. The number of carbonyl (C=O) groups is 1. The van der Waals surface area contributed by atoms with Crippen LogP contribution in [-0.4, -0.2) is 48.9 Å². The summed E-state index contributed by atoms with van der Waals surface area (Å²) in [6.07, 6.45) is 0.450. The first-order valence-electron chi connectivity index (χ1n) is 9.68. The van der Waals surface area contributed by atoms with E-state index in [-0.39, 0.29) is 29.7 Å². The molecule has 148 valence electrons. The summed E-state index contributed by atoms with van der Waals surface area (Å²) in [7, 11) is -3.51. The lowest BCUT2D eigenvalue weighted by Gasteiger charge is -2.49. The van der Waals surface area contributed by atoms with E-state index >= 15 is 0 Å². The molecule has 5 nitrogen and oxygen atoms in total. The molecule has 6 heteroatoms. The highest BCUT2D eigenvalue weighted by atomic mass is 32.2. The Kier molecular flexibility index (Phi) is 4.79. The van der Waals surface area contributed by atoms with Gasteiger partial charge in [0, 0.05) is 18.5 Å². The SMILES string of the molecule is CC1(C)CN2C(=O)CN(S(=O)(=O)CCc3ccccc3)CC2c2ccccc21. The average Bonchev–Trinajstić information content (AvgIpc) is 2.68. The Bertz CT molecular complexity index is 986. The van der Waals surface area contributed by atoms with Crippen LogP contribution in [0.5, 0.6) is 0 Å². The van der Waals surface area contributed by atoms with Crippen LogP contribution in [0.3, 0.4) is 0 Å². The van der Waals surface area contributed by atoms with Gasteiger partial charge in [0.1, 0.15) is 0 Å². The molecule has 0 aromatic heterocycles. The molecule has 0 N–H and O–H groups in total. The summed E-state index contributed by atoms with van der Waals surface area (Å²) in [5.74, 6) is -0.0911. The number of amides is 1. The number of hydrogen-bond acceptors (Lipinski definition) is 3. The van der Waals surface area contributed by atoms with Crippen molar-refractivity contribution in [2.24, 2.45) is 0 Å². The van der Waals surface area contributed by atoms with Crippen molar-refractivity contribution in [1.82, 2.24) is 9.21 Å². The van der Waals surface area contributed by atoms with Crippen LogP contribution >= 0.6 is 0 Å². The quantitative estimate of drug-likeness (QED) is 0.796. The maximum Gasteiger partial charge on any atom is 0.238 e. The van der Waals surface area contributed by atoms with E-state index in [1.807, 2.05) is 53.4 Å². The molecule has 2 aliphatic heterocycles. The molecule has 1 amide bonds. The first-order chi connectivity index (χ1) is 13.3. The summed E-state index contributed by atoms with van der Waals surface area (Å²) in [5.41, 5.74) is 3.11. The van der Waals surface area contributed by atoms with Crippen molar-refractivity contribution < 1.29 is 13.2 Å². The van der Waals surface area contributed by atoms with Crippen molar-refractivity contribution >= 4 is 15.9 Å². The maximum absolute atomic E-state index is 13.0. The Labute approximate surface area is 167 Å². The molecule has 2 aliphatic rings. The van der Waals surface area contributed by atoms with Gasteiger partial charge in [-0.15, -0.1) is 0 Å². The highest BCUT2D eigenvalue weighted by Gasteiger charge is 2.45. The Morgan fingerprint density at radius 3 is 2.46 bits per heavy atom. The summed E-state index contributed by atoms with van der Waals surface area (Å²) >= 11 is 0. The van der Waals surface area contributed by atoms with Crippen molar-refractivity contribution in [2.75, 3.05) is 25.4 Å². The number of fused-ring (bicyclic) bond motifs is 3. The number of sulfonamides is 1. The number of aryl methyl sites for hydroxylation is 1. The zero-order valence-corrected chi connectivity index (χ0v) is 17.2. The van der Waals surface area contributed by atoms with Gasteiger partial charge >= 0.3 is 0 Å². The lowest BCUT2D eigenvalue weighted by atomic mass is 9.75. The topological polar surface area (TPSA) is 57.7 Å². The zero-order chi connectivity index (χ0) is 19.9. The summed E-state index contributed by atoms with van der Waals surface area (Å²) in [5, 5.41) is 0. The average molecular weight is 399 g/mol. The van der Waals surface area contributed by atoms with Gasteiger partial charge in [0.25, 0.3) is 0 Å². The largest absolute Gasteiger partial charge is 0.332 e. The Morgan fingerprint density at radius 2 is 1.71 bits per heavy atom. The third kappa shape index (κ3) is 3.47. The molecule has 2 aromatic rings. The molecule has 0 aliphatic carbocycles. The lowest BCUT2D eigenvalue weighted by molar-refractivity contribution is -0.139. The van der Waals surface area contributed by atoms with E-state index in [2.05, 4.69) is 19.9 Å². The van der Waals surface area contributed by atoms with E-state index in [1.54, 1.807) is 0 Å². The van der Waals surface area contributed by atoms with E-state index < -0.39 is 10.0 Å². The molecule has 2 heterocycles. The summed E-state index contributed by atoms with van der Waals surface area (Å²) < 4.78 is 27.3. The predicted molar refractivity (Wildman–Crippen MR) is 109 cm³/mol. The summed E-state index contributed by atoms with van der Waals surface area (Å²) in [6, 6.07) is 17.5. The number of benzene rings is 2. The van der Waals surface area contributed by atoms with Crippen LogP contribution in [0.1, 0.15) is 36.6 Å². The van der Waals surface area contributed by atoms with Gasteiger partial charge in [0.2, 0.25) is 15.9 Å². The maximum atomic E-state index is 13.0. The molecular weight excluding hydrogens is 372 g/mol. The Morgan fingerprint density at radius 1 is 1.04 bits per heavy atom. The molecule has 0 saturated carbocycles. The molecule has 1 unspecified atom stereocenters. The highest BCUT2D eigenvalue weighted by Crippen LogP contribution is 2.41. The minimum Gasteiger partial charge on any atom is -0.332 e. The second-order valence-corrected chi connectivity index (χ2v) is 10.4. The van der Waals surface area contributed by atoms with Crippen LogP contribution in [0.4, 0.5) is 0 Å². The van der Waals surface area contributed by atoms with Gasteiger partial charge in [-0.05, 0) is 23.1 Å². The van der Waals surface area contributed by atoms with Crippen LogP contribution < -0.4 is 0 Å². The van der Waals surface area contributed by atoms with Crippen molar-refractivity contribution in [2.45, 2.75) is 31.7 Å². The summed E-state index contributed by atoms with van der Waals surface area (Å²) in [6.45, 7) is 5.16. The van der Waals surface area contributed by atoms with Crippen LogP contribution in [0.25, 0.3) is 0 Å². The van der Waals surface area contributed by atoms with Gasteiger partial charge < -0.3 is 4.90 Å². The number of carbonyl (C=O) groups excluding carboxylic acids is 1.